The second-order valence-electron chi connectivity index (χ2n) is 5.90. The van der Waals surface area contributed by atoms with Gasteiger partial charge in [0.1, 0.15) is 5.75 Å². The van der Waals surface area contributed by atoms with E-state index in [0.29, 0.717) is 5.56 Å². The monoisotopic (exact) mass is 276 g/mol. The van der Waals surface area contributed by atoms with Gasteiger partial charge in [0.2, 0.25) is 0 Å². The molecule has 0 bridgehead atoms. The summed E-state index contributed by atoms with van der Waals surface area (Å²) in [4.78, 5) is 14.5. The van der Waals surface area contributed by atoms with E-state index in [9.17, 15) is 9.90 Å². The summed E-state index contributed by atoms with van der Waals surface area (Å²) in [5.74, 6) is 0.564. The van der Waals surface area contributed by atoms with E-state index in [1.54, 1.807) is 18.2 Å². The van der Waals surface area contributed by atoms with Crippen molar-refractivity contribution in [1.82, 2.24) is 10.2 Å². The summed E-state index contributed by atoms with van der Waals surface area (Å²) >= 11 is 0. The summed E-state index contributed by atoms with van der Waals surface area (Å²) in [5.41, 5.74) is 0.339. The number of carbonyl (C=O) groups excluding carboxylic acids is 1. The molecule has 0 aromatic heterocycles. The average Bonchev–Trinajstić information content (AvgIpc) is 2.38. The minimum absolute atomic E-state index is 0.0313. The molecule has 110 valence electrons. The first kappa shape index (κ1) is 14.9. The number of benzene rings is 1. The van der Waals surface area contributed by atoms with Crippen LogP contribution in [-0.2, 0) is 0 Å². The highest BCUT2D eigenvalue weighted by molar-refractivity contribution is 5.96. The van der Waals surface area contributed by atoms with Crippen molar-refractivity contribution in [3.8, 4) is 5.75 Å². The zero-order valence-corrected chi connectivity index (χ0v) is 12.3. The highest BCUT2D eigenvalue weighted by Crippen LogP contribution is 2.17. The predicted octanol–water partition coefficient (Wildman–Crippen LogP) is 2.24. The molecule has 2 atom stereocenters. The number of rotatable bonds is 4. The maximum Gasteiger partial charge on any atom is 0.255 e. The highest BCUT2D eigenvalue weighted by Gasteiger charge is 2.19. The van der Waals surface area contributed by atoms with Gasteiger partial charge in [-0.2, -0.15) is 0 Å². The van der Waals surface area contributed by atoms with Crippen LogP contribution in [0.3, 0.4) is 0 Å². The van der Waals surface area contributed by atoms with E-state index in [1.165, 1.54) is 18.9 Å². The number of hydrogen-bond donors (Lipinski definition) is 2. The second kappa shape index (κ2) is 6.75. The van der Waals surface area contributed by atoms with E-state index in [1.807, 2.05) is 6.92 Å². The van der Waals surface area contributed by atoms with E-state index in [4.69, 9.17) is 0 Å². The van der Waals surface area contributed by atoms with E-state index in [0.717, 1.165) is 25.6 Å². The van der Waals surface area contributed by atoms with Crippen LogP contribution in [0.25, 0.3) is 0 Å². The predicted molar refractivity (Wildman–Crippen MR) is 79.9 cm³/mol. The highest BCUT2D eigenvalue weighted by atomic mass is 16.3. The summed E-state index contributed by atoms with van der Waals surface area (Å²) in [6.07, 6.45) is 2.54. The Morgan fingerprint density at radius 3 is 2.95 bits per heavy atom. The maximum atomic E-state index is 12.1. The lowest BCUT2D eigenvalue weighted by Gasteiger charge is -2.32. The Kier molecular flexibility index (Phi) is 5.01. The second-order valence-corrected chi connectivity index (χ2v) is 5.90. The van der Waals surface area contributed by atoms with Crippen LogP contribution in [0.4, 0.5) is 0 Å². The number of likely N-dealkylation sites (tertiary alicyclic amines) is 1. The van der Waals surface area contributed by atoms with Gasteiger partial charge in [0.05, 0.1) is 5.56 Å². The van der Waals surface area contributed by atoms with E-state index in [-0.39, 0.29) is 17.7 Å². The quantitative estimate of drug-likeness (QED) is 0.887. The summed E-state index contributed by atoms with van der Waals surface area (Å²) in [5, 5.41) is 12.6. The summed E-state index contributed by atoms with van der Waals surface area (Å²) in [6.45, 7) is 7.37. The molecule has 1 aliphatic rings. The number of para-hydroxylation sites is 1. The molecule has 4 heteroatoms. The van der Waals surface area contributed by atoms with Crippen molar-refractivity contribution < 1.29 is 9.90 Å². The van der Waals surface area contributed by atoms with Gasteiger partial charge in [-0.25, -0.2) is 0 Å². The zero-order valence-electron chi connectivity index (χ0n) is 12.3. The molecule has 1 aromatic rings. The van der Waals surface area contributed by atoms with Crippen LogP contribution in [0.15, 0.2) is 24.3 Å². The average molecular weight is 276 g/mol. The Hall–Kier alpha value is -1.55. The molecule has 2 unspecified atom stereocenters. The van der Waals surface area contributed by atoms with Crippen LogP contribution >= 0.6 is 0 Å². The third-order valence-corrected chi connectivity index (χ3v) is 3.80. The first-order chi connectivity index (χ1) is 9.56. The number of nitrogens with zero attached hydrogens (tertiary/aromatic N) is 1. The molecule has 0 radical (unpaired) electrons. The zero-order chi connectivity index (χ0) is 14.5. The van der Waals surface area contributed by atoms with Gasteiger partial charge in [-0.3, -0.25) is 4.79 Å². The number of aromatic hydroxyl groups is 1. The van der Waals surface area contributed by atoms with Crippen molar-refractivity contribution in [2.45, 2.75) is 32.7 Å². The van der Waals surface area contributed by atoms with Gasteiger partial charge in [0.25, 0.3) is 5.91 Å². The molecule has 1 aromatic carbocycles. The minimum atomic E-state index is -0.208. The molecule has 1 heterocycles. The van der Waals surface area contributed by atoms with Crippen molar-refractivity contribution in [2.24, 2.45) is 5.92 Å². The molecule has 0 spiro atoms. The molecular weight excluding hydrogens is 252 g/mol. The van der Waals surface area contributed by atoms with Crippen molar-refractivity contribution in [3.63, 3.8) is 0 Å². The molecule has 2 rings (SSSR count). The number of nitrogens with one attached hydrogen (secondary N) is 1. The smallest absolute Gasteiger partial charge is 0.255 e. The molecule has 0 saturated carbocycles. The Morgan fingerprint density at radius 1 is 1.50 bits per heavy atom. The number of carbonyl (C=O) groups is 1. The fourth-order valence-electron chi connectivity index (χ4n) is 2.85. The molecule has 1 amide bonds. The number of phenolic OH excluding ortho intramolecular Hbond substituents is 1. The summed E-state index contributed by atoms with van der Waals surface area (Å²) in [7, 11) is 0. The topological polar surface area (TPSA) is 52.6 Å². The first-order valence-corrected chi connectivity index (χ1v) is 7.37. The van der Waals surface area contributed by atoms with Crippen LogP contribution in [0.2, 0.25) is 0 Å². The van der Waals surface area contributed by atoms with E-state index >= 15 is 0 Å². The molecule has 2 N–H and O–H groups in total. The van der Waals surface area contributed by atoms with Gasteiger partial charge >= 0.3 is 0 Å². The lowest BCUT2D eigenvalue weighted by molar-refractivity contribution is 0.0917. The third kappa shape index (κ3) is 3.97. The molecule has 0 aliphatic carbocycles. The number of piperidine rings is 1. The molecule has 1 aliphatic heterocycles. The molecule has 4 nitrogen and oxygen atoms in total. The summed E-state index contributed by atoms with van der Waals surface area (Å²) < 4.78 is 0. The van der Waals surface area contributed by atoms with Crippen molar-refractivity contribution in [2.75, 3.05) is 19.6 Å². The van der Waals surface area contributed by atoms with Crippen LogP contribution in [0, 0.1) is 5.92 Å². The van der Waals surface area contributed by atoms with Crippen LogP contribution in [-0.4, -0.2) is 41.6 Å². The Morgan fingerprint density at radius 2 is 2.25 bits per heavy atom. The van der Waals surface area contributed by atoms with Gasteiger partial charge in [0.15, 0.2) is 0 Å². The molecule has 1 fully saturated rings. The molecule has 20 heavy (non-hydrogen) atoms. The lowest BCUT2D eigenvalue weighted by Crippen LogP contribution is -2.45. The van der Waals surface area contributed by atoms with Gasteiger partial charge in [-0.1, -0.05) is 19.1 Å². The number of hydrogen-bond acceptors (Lipinski definition) is 3. The Labute approximate surface area is 120 Å². The standard InChI is InChI=1S/C16H24N2O2/c1-12-6-5-9-18(10-12)11-13(2)17-16(20)14-7-3-4-8-15(14)19/h3-4,7-8,12-13,19H,5-6,9-11H2,1-2H3,(H,17,20). The minimum Gasteiger partial charge on any atom is -0.507 e. The van der Waals surface area contributed by atoms with Crippen LogP contribution in [0.1, 0.15) is 37.0 Å². The largest absolute Gasteiger partial charge is 0.507 e. The fraction of sp³-hybridized carbons (Fsp3) is 0.562. The SMILES string of the molecule is CC1CCCN(CC(C)NC(=O)c2ccccc2O)C1. The Bertz CT molecular complexity index is 462. The maximum absolute atomic E-state index is 12.1. The fourth-order valence-corrected chi connectivity index (χ4v) is 2.85. The van der Waals surface area contributed by atoms with Gasteiger partial charge in [-0.05, 0) is 44.4 Å². The normalized spacial score (nSPS) is 21.4. The summed E-state index contributed by atoms with van der Waals surface area (Å²) in [6, 6.07) is 6.72. The molecule has 1 saturated heterocycles. The van der Waals surface area contributed by atoms with Crippen molar-refractivity contribution in [1.29, 1.82) is 0 Å². The van der Waals surface area contributed by atoms with Gasteiger partial charge < -0.3 is 15.3 Å². The van der Waals surface area contributed by atoms with Crippen molar-refractivity contribution in [3.05, 3.63) is 29.8 Å². The van der Waals surface area contributed by atoms with Crippen LogP contribution in [0.5, 0.6) is 5.75 Å². The van der Waals surface area contributed by atoms with Crippen molar-refractivity contribution >= 4 is 5.91 Å². The van der Waals surface area contributed by atoms with Gasteiger partial charge in [0, 0.05) is 19.1 Å². The van der Waals surface area contributed by atoms with E-state index in [2.05, 4.69) is 17.1 Å². The molecular formula is C16H24N2O2. The number of phenols is 1. The Balaban J connectivity index is 1.86. The lowest BCUT2D eigenvalue weighted by atomic mass is 10.00. The third-order valence-electron chi connectivity index (χ3n) is 3.80. The number of amides is 1. The van der Waals surface area contributed by atoms with Gasteiger partial charge in [-0.15, -0.1) is 0 Å². The van der Waals surface area contributed by atoms with Crippen LogP contribution < -0.4 is 5.32 Å². The first-order valence-electron chi connectivity index (χ1n) is 7.37. The van der Waals surface area contributed by atoms with E-state index < -0.39 is 0 Å².